The standard InChI is InChI=1S/C15H13F2NO3/c1-20-10-5-6-13(18)11(7-10)15(19)21-8-9-3-2-4-12(16)14(9)17/h2-7H,8,18H2,1H3. The summed E-state index contributed by atoms with van der Waals surface area (Å²) in [6, 6.07) is 8.17. The third-order valence-corrected chi connectivity index (χ3v) is 2.87. The first-order valence-electron chi connectivity index (χ1n) is 6.06. The molecule has 6 heteroatoms. The first kappa shape index (κ1) is 14.8. The van der Waals surface area contributed by atoms with Crippen molar-refractivity contribution in [2.75, 3.05) is 12.8 Å². The van der Waals surface area contributed by atoms with Crippen LogP contribution >= 0.6 is 0 Å². The smallest absolute Gasteiger partial charge is 0.340 e. The van der Waals surface area contributed by atoms with Gasteiger partial charge in [0.15, 0.2) is 11.6 Å². The molecule has 0 fully saturated rings. The fraction of sp³-hybridized carbons (Fsp3) is 0.133. The van der Waals surface area contributed by atoms with Crippen molar-refractivity contribution < 1.29 is 23.0 Å². The molecule has 0 spiro atoms. The van der Waals surface area contributed by atoms with E-state index in [9.17, 15) is 13.6 Å². The molecule has 0 aromatic heterocycles. The second kappa shape index (κ2) is 6.21. The lowest BCUT2D eigenvalue weighted by Crippen LogP contribution is -2.09. The van der Waals surface area contributed by atoms with Crippen LogP contribution in [0.2, 0.25) is 0 Å². The van der Waals surface area contributed by atoms with Gasteiger partial charge in [0.25, 0.3) is 0 Å². The molecule has 0 heterocycles. The van der Waals surface area contributed by atoms with Crippen LogP contribution in [0.1, 0.15) is 15.9 Å². The number of methoxy groups -OCH3 is 1. The molecule has 21 heavy (non-hydrogen) atoms. The van der Waals surface area contributed by atoms with Crippen LogP contribution < -0.4 is 10.5 Å². The number of hydrogen-bond donors (Lipinski definition) is 1. The Morgan fingerprint density at radius 3 is 2.71 bits per heavy atom. The molecule has 0 aliphatic heterocycles. The molecule has 0 aliphatic carbocycles. The number of nitrogen functional groups attached to an aromatic ring is 1. The lowest BCUT2D eigenvalue weighted by atomic mass is 10.1. The van der Waals surface area contributed by atoms with E-state index in [4.69, 9.17) is 15.2 Å². The van der Waals surface area contributed by atoms with Crippen molar-refractivity contribution in [3.05, 3.63) is 59.2 Å². The summed E-state index contributed by atoms with van der Waals surface area (Å²) in [5.74, 6) is -2.34. The van der Waals surface area contributed by atoms with Crippen LogP contribution in [-0.2, 0) is 11.3 Å². The molecule has 0 radical (unpaired) electrons. The molecule has 2 aromatic rings. The number of carbonyl (C=O) groups is 1. The number of nitrogens with two attached hydrogens (primary N) is 1. The third kappa shape index (κ3) is 3.28. The Morgan fingerprint density at radius 2 is 2.00 bits per heavy atom. The normalized spacial score (nSPS) is 10.2. The molecule has 0 unspecified atom stereocenters. The minimum Gasteiger partial charge on any atom is -0.497 e. The van der Waals surface area contributed by atoms with Gasteiger partial charge in [0.05, 0.1) is 12.7 Å². The number of rotatable bonds is 4. The molecular weight excluding hydrogens is 280 g/mol. The van der Waals surface area contributed by atoms with E-state index in [0.717, 1.165) is 6.07 Å². The first-order valence-corrected chi connectivity index (χ1v) is 6.06. The van der Waals surface area contributed by atoms with Crippen molar-refractivity contribution in [3.63, 3.8) is 0 Å². The first-order chi connectivity index (χ1) is 10.0. The van der Waals surface area contributed by atoms with Crippen LogP contribution in [-0.4, -0.2) is 13.1 Å². The quantitative estimate of drug-likeness (QED) is 0.695. The molecule has 2 aromatic carbocycles. The second-order valence-electron chi connectivity index (χ2n) is 4.24. The summed E-state index contributed by atoms with van der Waals surface area (Å²) < 4.78 is 36.4. The minimum atomic E-state index is -1.04. The Kier molecular flexibility index (Phi) is 4.37. The van der Waals surface area contributed by atoms with E-state index in [-0.39, 0.29) is 23.4 Å². The second-order valence-corrected chi connectivity index (χ2v) is 4.24. The zero-order valence-corrected chi connectivity index (χ0v) is 11.2. The number of carbonyl (C=O) groups excluding carboxylic acids is 1. The van der Waals surface area contributed by atoms with E-state index < -0.39 is 17.6 Å². The third-order valence-electron chi connectivity index (χ3n) is 2.87. The highest BCUT2D eigenvalue weighted by Crippen LogP contribution is 2.21. The van der Waals surface area contributed by atoms with Crippen molar-refractivity contribution in [1.82, 2.24) is 0 Å². The van der Waals surface area contributed by atoms with Gasteiger partial charge in [-0.05, 0) is 24.3 Å². The number of esters is 1. The molecule has 0 amide bonds. The maximum atomic E-state index is 13.4. The highest BCUT2D eigenvalue weighted by molar-refractivity contribution is 5.95. The van der Waals surface area contributed by atoms with Crippen molar-refractivity contribution in [2.45, 2.75) is 6.61 Å². The zero-order valence-electron chi connectivity index (χ0n) is 11.2. The maximum absolute atomic E-state index is 13.4. The summed E-state index contributed by atoms with van der Waals surface area (Å²) in [6.45, 7) is -0.390. The van der Waals surface area contributed by atoms with Gasteiger partial charge in [0.1, 0.15) is 12.4 Å². The van der Waals surface area contributed by atoms with Crippen LogP contribution in [0.3, 0.4) is 0 Å². The Morgan fingerprint density at radius 1 is 1.24 bits per heavy atom. The predicted octanol–water partition coefficient (Wildman–Crippen LogP) is 2.91. The fourth-order valence-corrected chi connectivity index (χ4v) is 1.72. The molecule has 4 nitrogen and oxygen atoms in total. The molecule has 2 N–H and O–H groups in total. The molecule has 0 aliphatic rings. The van der Waals surface area contributed by atoms with E-state index >= 15 is 0 Å². The Bertz CT molecular complexity index is 674. The molecular formula is C15H13F2NO3. The van der Waals surface area contributed by atoms with E-state index in [1.165, 1.54) is 31.4 Å². The lowest BCUT2D eigenvalue weighted by Gasteiger charge is -2.09. The summed E-state index contributed by atoms with van der Waals surface area (Å²) in [4.78, 5) is 11.9. The highest BCUT2D eigenvalue weighted by Gasteiger charge is 2.15. The number of ether oxygens (including phenoxy) is 2. The van der Waals surface area contributed by atoms with Gasteiger partial charge in [-0.3, -0.25) is 0 Å². The van der Waals surface area contributed by atoms with Crippen molar-refractivity contribution in [3.8, 4) is 5.75 Å². The molecule has 0 saturated heterocycles. The average molecular weight is 293 g/mol. The zero-order chi connectivity index (χ0) is 15.4. The topological polar surface area (TPSA) is 61.5 Å². The number of hydrogen-bond acceptors (Lipinski definition) is 4. The van der Waals surface area contributed by atoms with Crippen molar-refractivity contribution in [2.24, 2.45) is 0 Å². The van der Waals surface area contributed by atoms with Crippen molar-refractivity contribution in [1.29, 1.82) is 0 Å². The van der Waals surface area contributed by atoms with E-state index in [1.54, 1.807) is 6.07 Å². The van der Waals surface area contributed by atoms with E-state index in [0.29, 0.717) is 5.75 Å². The van der Waals surface area contributed by atoms with Crippen LogP contribution in [0.4, 0.5) is 14.5 Å². The number of anilines is 1. The summed E-state index contributed by atoms with van der Waals surface area (Å²) >= 11 is 0. The molecule has 0 atom stereocenters. The van der Waals surface area contributed by atoms with E-state index in [1.807, 2.05) is 0 Å². The maximum Gasteiger partial charge on any atom is 0.340 e. The van der Waals surface area contributed by atoms with E-state index in [2.05, 4.69) is 0 Å². The fourth-order valence-electron chi connectivity index (χ4n) is 1.72. The van der Waals surface area contributed by atoms with Gasteiger partial charge in [-0.2, -0.15) is 0 Å². The summed E-state index contributed by atoms with van der Waals surface area (Å²) in [5, 5.41) is 0. The summed E-state index contributed by atoms with van der Waals surface area (Å²) in [7, 11) is 1.45. The predicted molar refractivity (Wildman–Crippen MR) is 72.9 cm³/mol. The van der Waals surface area contributed by atoms with Crippen molar-refractivity contribution >= 4 is 11.7 Å². The molecule has 0 bridgehead atoms. The number of halogens is 2. The summed E-state index contributed by atoms with van der Waals surface area (Å²) in [6.07, 6.45) is 0. The highest BCUT2D eigenvalue weighted by atomic mass is 19.2. The van der Waals surface area contributed by atoms with Gasteiger partial charge in [-0.15, -0.1) is 0 Å². The number of benzene rings is 2. The van der Waals surface area contributed by atoms with Gasteiger partial charge in [0.2, 0.25) is 0 Å². The summed E-state index contributed by atoms with van der Waals surface area (Å²) in [5.41, 5.74) is 5.94. The van der Waals surface area contributed by atoms with Crippen LogP contribution in [0.25, 0.3) is 0 Å². The van der Waals surface area contributed by atoms with Crippen LogP contribution in [0.15, 0.2) is 36.4 Å². The molecule has 110 valence electrons. The minimum absolute atomic E-state index is 0.0511. The molecule has 0 saturated carbocycles. The van der Waals surface area contributed by atoms with Gasteiger partial charge in [-0.1, -0.05) is 12.1 Å². The van der Waals surface area contributed by atoms with Crippen LogP contribution in [0, 0.1) is 11.6 Å². The monoisotopic (exact) mass is 293 g/mol. The average Bonchev–Trinajstić information content (AvgIpc) is 2.49. The lowest BCUT2D eigenvalue weighted by molar-refractivity contribution is 0.0469. The van der Waals surface area contributed by atoms with Crippen LogP contribution in [0.5, 0.6) is 5.75 Å². The Labute approximate surface area is 120 Å². The Hall–Kier alpha value is -2.63. The Balaban J connectivity index is 2.13. The van der Waals surface area contributed by atoms with Gasteiger partial charge in [-0.25, -0.2) is 13.6 Å². The molecule has 2 rings (SSSR count). The SMILES string of the molecule is COc1ccc(N)c(C(=O)OCc2cccc(F)c2F)c1. The van der Waals surface area contributed by atoms with Gasteiger partial charge >= 0.3 is 5.97 Å². The van der Waals surface area contributed by atoms with Gasteiger partial charge in [0, 0.05) is 11.3 Å². The largest absolute Gasteiger partial charge is 0.497 e. The van der Waals surface area contributed by atoms with Gasteiger partial charge < -0.3 is 15.2 Å².